The number of anilines is 2. The maximum Gasteiger partial charge on any atom is 0.254 e. The van der Waals surface area contributed by atoms with Crippen LogP contribution in [0.4, 0.5) is 11.4 Å². The molecule has 0 bridgehead atoms. The molecule has 0 aromatic heterocycles. The molecule has 1 atom stereocenters. The van der Waals surface area contributed by atoms with Gasteiger partial charge in [0.05, 0.1) is 17.9 Å². The number of para-hydroxylation sites is 2. The lowest BCUT2D eigenvalue weighted by Gasteiger charge is -2.36. The average molecular weight is 312 g/mol. The van der Waals surface area contributed by atoms with E-state index in [1.165, 1.54) is 0 Å². The number of carbonyl (C=O) groups is 1. The SMILES string of the molecule is COC(CN1C(=O)C(c2ccccc2)Nc2ccccc21)OC. The third-order valence-electron chi connectivity index (χ3n) is 4.00. The largest absolute Gasteiger partial charge is 0.368 e. The van der Waals surface area contributed by atoms with Crippen LogP contribution in [0.2, 0.25) is 0 Å². The van der Waals surface area contributed by atoms with Gasteiger partial charge in [0, 0.05) is 14.2 Å². The van der Waals surface area contributed by atoms with Gasteiger partial charge < -0.3 is 19.7 Å². The number of hydrogen-bond donors (Lipinski definition) is 1. The summed E-state index contributed by atoms with van der Waals surface area (Å²) in [6.45, 7) is 0.341. The molecule has 0 spiro atoms. The normalized spacial score (nSPS) is 17.1. The van der Waals surface area contributed by atoms with E-state index in [1.54, 1.807) is 19.1 Å². The van der Waals surface area contributed by atoms with Gasteiger partial charge in [-0.15, -0.1) is 0 Å². The molecule has 0 radical (unpaired) electrons. The highest BCUT2D eigenvalue weighted by atomic mass is 16.7. The Morgan fingerprint density at radius 1 is 1.04 bits per heavy atom. The van der Waals surface area contributed by atoms with E-state index < -0.39 is 12.3 Å². The summed E-state index contributed by atoms with van der Waals surface area (Å²) in [5.41, 5.74) is 2.69. The van der Waals surface area contributed by atoms with Crippen LogP contribution < -0.4 is 10.2 Å². The highest BCUT2D eigenvalue weighted by molar-refractivity contribution is 6.05. The second-order valence-corrected chi connectivity index (χ2v) is 5.35. The fraction of sp³-hybridized carbons (Fsp3) is 0.278. The van der Waals surface area contributed by atoms with Crippen molar-refractivity contribution >= 4 is 17.3 Å². The minimum absolute atomic E-state index is 0.0194. The second-order valence-electron chi connectivity index (χ2n) is 5.35. The van der Waals surface area contributed by atoms with Crippen molar-refractivity contribution in [2.45, 2.75) is 12.3 Å². The maximum absolute atomic E-state index is 13.0. The van der Waals surface area contributed by atoms with Crippen molar-refractivity contribution in [2.24, 2.45) is 0 Å². The molecule has 1 aliphatic heterocycles. The van der Waals surface area contributed by atoms with Crippen molar-refractivity contribution in [1.82, 2.24) is 0 Å². The van der Waals surface area contributed by atoms with Crippen molar-refractivity contribution in [3.8, 4) is 0 Å². The van der Waals surface area contributed by atoms with E-state index in [2.05, 4.69) is 5.32 Å². The lowest BCUT2D eigenvalue weighted by molar-refractivity contribution is -0.124. The van der Waals surface area contributed by atoms with Gasteiger partial charge in [-0.3, -0.25) is 4.79 Å². The van der Waals surface area contributed by atoms with Crippen LogP contribution in [0.1, 0.15) is 11.6 Å². The maximum atomic E-state index is 13.0. The lowest BCUT2D eigenvalue weighted by atomic mass is 10.0. The highest BCUT2D eigenvalue weighted by Crippen LogP contribution is 2.36. The van der Waals surface area contributed by atoms with Gasteiger partial charge in [0.15, 0.2) is 6.29 Å². The summed E-state index contributed by atoms with van der Waals surface area (Å²) in [6.07, 6.45) is -0.471. The molecule has 1 amide bonds. The zero-order chi connectivity index (χ0) is 16.2. The number of nitrogens with zero attached hydrogens (tertiary/aromatic N) is 1. The number of rotatable bonds is 5. The van der Waals surface area contributed by atoms with E-state index in [0.29, 0.717) is 6.54 Å². The Balaban J connectivity index is 1.98. The van der Waals surface area contributed by atoms with Crippen molar-refractivity contribution in [1.29, 1.82) is 0 Å². The van der Waals surface area contributed by atoms with Crippen LogP contribution in [0.25, 0.3) is 0 Å². The number of methoxy groups -OCH3 is 2. The fourth-order valence-corrected chi connectivity index (χ4v) is 2.78. The van der Waals surface area contributed by atoms with Crippen LogP contribution >= 0.6 is 0 Å². The van der Waals surface area contributed by atoms with Crippen LogP contribution in [0.5, 0.6) is 0 Å². The van der Waals surface area contributed by atoms with Crippen LogP contribution in [0.15, 0.2) is 54.6 Å². The third-order valence-corrected chi connectivity index (χ3v) is 4.00. The first-order valence-electron chi connectivity index (χ1n) is 7.52. The zero-order valence-electron chi connectivity index (χ0n) is 13.2. The van der Waals surface area contributed by atoms with E-state index in [1.807, 2.05) is 54.6 Å². The Morgan fingerprint density at radius 2 is 1.70 bits per heavy atom. The first-order valence-corrected chi connectivity index (χ1v) is 7.52. The van der Waals surface area contributed by atoms with Crippen LogP contribution in [-0.4, -0.2) is 33.0 Å². The average Bonchev–Trinajstić information content (AvgIpc) is 2.61. The Kier molecular flexibility index (Phi) is 4.60. The molecule has 1 N–H and O–H groups in total. The number of fused-ring (bicyclic) bond motifs is 1. The Morgan fingerprint density at radius 3 is 2.39 bits per heavy atom. The van der Waals surface area contributed by atoms with Crippen molar-refractivity contribution in [2.75, 3.05) is 31.0 Å². The van der Waals surface area contributed by atoms with Gasteiger partial charge in [-0.2, -0.15) is 0 Å². The molecule has 23 heavy (non-hydrogen) atoms. The van der Waals surface area contributed by atoms with Gasteiger partial charge in [-0.25, -0.2) is 0 Å². The highest BCUT2D eigenvalue weighted by Gasteiger charge is 2.34. The summed E-state index contributed by atoms with van der Waals surface area (Å²) in [7, 11) is 3.14. The van der Waals surface area contributed by atoms with Crippen molar-refractivity contribution in [3.63, 3.8) is 0 Å². The zero-order valence-corrected chi connectivity index (χ0v) is 13.2. The summed E-state index contributed by atoms with van der Waals surface area (Å²) in [6, 6.07) is 17.0. The molecule has 2 aromatic carbocycles. The number of hydrogen-bond acceptors (Lipinski definition) is 4. The standard InChI is InChI=1S/C18H20N2O3/c1-22-16(23-2)12-20-15-11-7-6-10-14(15)19-17(18(20)21)13-8-4-3-5-9-13/h3-11,16-17,19H,12H2,1-2H3. The Hall–Kier alpha value is -2.37. The Labute approximate surface area is 135 Å². The van der Waals surface area contributed by atoms with Gasteiger partial charge in [0.25, 0.3) is 5.91 Å². The second kappa shape index (κ2) is 6.81. The number of nitrogens with one attached hydrogen (secondary N) is 1. The number of benzene rings is 2. The number of amides is 1. The van der Waals surface area contributed by atoms with Gasteiger partial charge in [-0.1, -0.05) is 42.5 Å². The van der Waals surface area contributed by atoms with Gasteiger partial charge in [0.2, 0.25) is 0 Å². The van der Waals surface area contributed by atoms with Gasteiger partial charge in [0.1, 0.15) is 6.04 Å². The topological polar surface area (TPSA) is 50.8 Å². The summed E-state index contributed by atoms with van der Waals surface area (Å²) in [5.74, 6) is -0.0194. The van der Waals surface area contributed by atoms with E-state index in [4.69, 9.17) is 9.47 Å². The molecule has 0 aliphatic carbocycles. The molecule has 120 valence electrons. The summed E-state index contributed by atoms with van der Waals surface area (Å²) < 4.78 is 10.5. The number of ether oxygens (including phenoxy) is 2. The van der Waals surface area contributed by atoms with Crippen molar-refractivity contribution in [3.05, 3.63) is 60.2 Å². The fourth-order valence-electron chi connectivity index (χ4n) is 2.78. The van der Waals surface area contributed by atoms with E-state index in [-0.39, 0.29) is 5.91 Å². The van der Waals surface area contributed by atoms with Crippen LogP contribution in [-0.2, 0) is 14.3 Å². The first kappa shape index (κ1) is 15.5. The molecule has 2 aromatic rings. The molecule has 1 heterocycles. The molecule has 5 nitrogen and oxygen atoms in total. The molecule has 1 unspecified atom stereocenters. The minimum atomic E-state index is -0.471. The predicted molar refractivity (Wildman–Crippen MR) is 89.4 cm³/mol. The molecular weight excluding hydrogens is 292 g/mol. The van der Waals surface area contributed by atoms with E-state index in [9.17, 15) is 4.79 Å². The summed E-state index contributed by atoms with van der Waals surface area (Å²) in [5, 5.41) is 3.33. The van der Waals surface area contributed by atoms with Gasteiger partial charge >= 0.3 is 0 Å². The van der Waals surface area contributed by atoms with Crippen LogP contribution in [0, 0.1) is 0 Å². The third kappa shape index (κ3) is 3.06. The molecular formula is C18H20N2O3. The molecule has 0 saturated carbocycles. The van der Waals surface area contributed by atoms with E-state index >= 15 is 0 Å². The molecule has 0 fully saturated rings. The summed E-state index contributed by atoms with van der Waals surface area (Å²) >= 11 is 0. The molecule has 0 saturated heterocycles. The molecule has 1 aliphatic rings. The smallest absolute Gasteiger partial charge is 0.254 e. The van der Waals surface area contributed by atoms with Crippen LogP contribution in [0.3, 0.4) is 0 Å². The molecule has 3 rings (SSSR count). The monoisotopic (exact) mass is 312 g/mol. The predicted octanol–water partition coefficient (Wildman–Crippen LogP) is 2.81. The van der Waals surface area contributed by atoms with Gasteiger partial charge in [-0.05, 0) is 17.7 Å². The minimum Gasteiger partial charge on any atom is -0.368 e. The number of carbonyl (C=O) groups excluding carboxylic acids is 1. The summed E-state index contributed by atoms with van der Waals surface area (Å²) in [4.78, 5) is 14.7. The quantitative estimate of drug-likeness (QED) is 0.863. The Bertz CT molecular complexity index is 671. The molecule has 5 heteroatoms. The van der Waals surface area contributed by atoms with Crippen molar-refractivity contribution < 1.29 is 14.3 Å². The lowest BCUT2D eigenvalue weighted by Crippen LogP contribution is -2.46. The first-order chi connectivity index (χ1) is 11.2. The van der Waals surface area contributed by atoms with E-state index in [0.717, 1.165) is 16.9 Å².